The lowest BCUT2D eigenvalue weighted by Crippen LogP contribution is -2.55. The summed E-state index contributed by atoms with van der Waals surface area (Å²) in [7, 11) is 0. The van der Waals surface area contributed by atoms with Crippen LogP contribution in [-0.2, 0) is 33.6 Å². The molecule has 14 nitrogen and oxygen atoms in total. The van der Waals surface area contributed by atoms with E-state index < -0.39 is 72.1 Å². The SMILES string of the molecule is CC(=O)NCC(=O)NC(C)C(=O)N[C@@H](C)C(=O)NC(C)C(=O)NCC(=O)NC(C)C(=O)O. The molecule has 7 N–H and O–H groups in total. The average molecular weight is 458 g/mol. The van der Waals surface area contributed by atoms with Crippen LogP contribution in [0.25, 0.3) is 0 Å². The first-order chi connectivity index (χ1) is 14.7. The summed E-state index contributed by atoms with van der Waals surface area (Å²) < 4.78 is 0. The Balaban J connectivity index is 4.46. The molecular formula is C18H30N6O8. The van der Waals surface area contributed by atoms with Gasteiger partial charge in [0.1, 0.15) is 24.2 Å². The van der Waals surface area contributed by atoms with Crippen LogP contribution in [0.2, 0.25) is 0 Å². The van der Waals surface area contributed by atoms with E-state index in [2.05, 4.69) is 31.9 Å². The second-order valence-corrected chi connectivity index (χ2v) is 7.00. The second-order valence-electron chi connectivity index (χ2n) is 7.00. The largest absolute Gasteiger partial charge is 0.480 e. The summed E-state index contributed by atoms with van der Waals surface area (Å²) in [5, 5.41) is 22.5. The van der Waals surface area contributed by atoms with Crippen LogP contribution in [0.1, 0.15) is 34.6 Å². The van der Waals surface area contributed by atoms with Crippen LogP contribution >= 0.6 is 0 Å². The zero-order valence-corrected chi connectivity index (χ0v) is 18.5. The number of rotatable bonds is 12. The van der Waals surface area contributed by atoms with Crippen molar-refractivity contribution in [3.05, 3.63) is 0 Å². The van der Waals surface area contributed by atoms with Crippen LogP contribution in [0.3, 0.4) is 0 Å². The molecule has 0 bridgehead atoms. The number of nitrogens with one attached hydrogen (secondary N) is 6. The molecule has 6 amide bonds. The summed E-state index contributed by atoms with van der Waals surface area (Å²) in [6.45, 7) is 5.81. The fourth-order valence-corrected chi connectivity index (χ4v) is 2.05. The smallest absolute Gasteiger partial charge is 0.325 e. The Hall–Kier alpha value is -3.71. The molecule has 0 aromatic rings. The van der Waals surface area contributed by atoms with E-state index in [9.17, 15) is 33.6 Å². The van der Waals surface area contributed by atoms with Gasteiger partial charge < -0.3 is 37.0 Å². The fraction of sp³-hybridized carbons (Fsp3) is 0.611. The van der Waals surface area contributed by atoms with Crippen molar-refractivity contribution in [3.8, 4) is 0 Å². The van der Waals surface area contributed by atoms with E-state index in [1.54, 1.807) is 0 Å². The molecule has 0 aliphatic heterocycles. The third-order valence-electron chi connectivity index (χ3n) is 3.94. The van der Waals surface area contributed by atoms with Crippen molar-refractivity contribution < 1.29 is 38.7 Å². The Morgan fingerprint density at radius 1 is 0.594 bits per heavy atom. The number of carbonyl (C=O) groups excluding carboxylic acids is 6. The lowest BCUT2D eigenvalue weighted by Gasteiger charge is -2.20. The van der Waals surface area contributed by atoms with E-state index in [1.165, 1.54) is 34.6 Å². The highest BCUT2D eigenvalue weighted by Crippen LogP contribution is 1.91. The second kappa shape index (κ2) is 13.6. The molecule has 0 saturated carbocycles. The van der Waals surface area contributed by atoms with Crippen LogP contribution in [0.4, 0.5) is 0 Å². The molecule has 0 aliphatic carbocycles. The standard InChI is InChI=1S/C18H30N6O8/c1-8(15(28)20-7-14(27)22-11(4)18(31)32)23-17(30)10(3)24-16(29)9(2)21-13(26)6-19-12(5)25/h8-11H,6-7H2,1-5H3,(H,19,25)(H,20,28)(H,21,26)(H,22,27)(H,23,30)(H,24,29)(H,31,32)/t8?,9?,10-,11?/m0/s1. The topological polar surface area (TPSA) is 212 Å². The summed E-state index contributed by atoms with van der Waals surface area (Å²) in [5.74, 6) is -5.01. The van der Waals surface area contributed by atoms with Crippen molar-refractivity contribution >= 4 is 41.4 Å². The molecule has 0 radical (unpaired) electrons. The monoisotopic (exact) mass is 458 g/mol. The van der Waals surface area contributed by atoms with Gasteiger partial charge in [0, 0.05) is 6.92 Å². The van der Waals surface area contributed by atoms with Crippen molar-refractivity contribution in [1.29, 1.82) is 0 Å². The quantitative estimate of drug-likeness (QED) is 0.154. The molecule has 14 heteroatoms. The highest BCUT2D eigenvalue weighted by atomic mass is 16.4. The average Bonchev–Trinajstić information content (AvgIpc) is 2.69. The van der Waals surface area contributed by atoms with Gasteiger partial charge in [-0.2, -0.15) is 0 Å². The van der Waals surface area contributed by atoms with Gasteiger partial charge in [-0.15, -0.1) is 0 Å². The van der Waals surface area contributed by atoms with Gasteiger partial charge in [-0.05, 0) is 27.7 Å². The van der Waals surface area contributed by atoms with Crippen molar-refractivity contribution in [2.45, 2.75) is 58.8 Å². The maximum Gasteiger partial charge on any atom is 0.325 e. The van der Waals surface area contributed by atoms with Crippen molar-refractivity contribution in [2.24, 2.45) is 0 Å². The molecule has 0 fully saturated rings. The molecule has 3 unspecified atom stereocenters. The van der Waals surface area contributed by atoms with Gasteiger partial charge in [0.25, 0.3) is 0 Å². The molecule has 0 spiro atoms. The molecule has 4 atom stereocenters. The number of carboxylic acids is 1. The Bertz CT molecular complexity index is 756. The van der Waals surface area contributed by atoms with Gasteiger partial charge in [-0.1, -0.05) is 0 Å². The normalized spacial score (nSPS) is 13.9. The lowest BCUT2D eigenvalue weighted by molar-refractivity contribution is -0.141. The minimum Gasteiger partial charge on any atom is -0.480 e. The summed E-state index contributed by atoms with van der Waals surface area (Å²) in [6, 6.07) is -4.22. The van der Waals surface area contributed by atoms with E-state index in [0.717, 1.165) is 0 Å². The molecule has 0 aliphatic rings. The van der Waals surface area contributed by atoms with Gasteiger partial charge in [-0.3, -0.25) is 33.6 Å². The predicted molar refractivity (Wildman–Crippen MR) is 110 cm³/mol. The summed E-state index contributed by atoms with van der Waals surface area (Å²) in [4.78, 5) is 80.9. The Morgan fingerprint density at radius 2 is 0.969 bits per heavy atom. The highest BCUT2D eigenvalue weighted by molar-refractivity contribution is 5.95. The molecule has 0 aromatic carbocycles. The number of hydrogen-bond donors (Lipinski definition) is 7. The molecule has 180 valence electrons. The van der Waals surface area contributed by atoms with Gasteiger partial charge in [0.05, 0.1) is 13.1 Å². The van der Waals surface area contributed by atoms with Crippen LogP contribution in [0, 0.1) is 0 Å². The van der Waals surface area contributed by atoms with Crippen LogP contribution in [0.15, 0.2) is 0 Å². The first-order valence-electron chi connectivity index (χ1n) is 9.69. The molecular weight excluding hydrogens is 428 g/mol. The van der Waals surface area contributed by atoms with E-state index in [-0.39, 0.29) is 6.54 Å². The number of carboxylic acid groups (broad SMARTS) is 1. The van der Waals surface area contributed by atoms with Gasteiger partial charge in [0.2, 0.25) is 35.4 Å². The number of amides is 6. The fourth-order valence-electron chi connectivity index (χ4n) is 2.05. The minimum atomic E-state index is -1.23. The van der Waals surface area contributed by atoms with Crippen LogP contribution in [0.5, 0.6) is 0 Å². The van der Waals surface area contributed by atoms with Gasteiger partial charge in [-0.25, -0.2) is 0 Å². The maximum atomic E-state index is 12.2. The Labute approximate surface area is 184 Å². The van der Waals surface area contributed by atoms with Crippen molar-refractivity contribution in [1.82, 2.24) is 31.9 Å². The van der Waals surface area contributed by atoms with Crippen molar-refractivity contribution in [2.75, 3.05) is 13.1 Å². The molecule has 0 heterocycles. The number of hydrogen-bond acceptors (Lipinski definition) is 7. The van der Waals surface area contributed by atoms with Crippen LogP contribution in [-0.4, -0.2) is 83.8 Å². The molecule has 32 heavy (non-hydrogen) atoms. The van der Waals surface area contributed by atoms with E-state index in [1.807, 2.05) is 0 Å². The molecule has 0 saturated heterocycles. The van der Waals surface area contributed by atoms with E-state index in [0.29, 0.717) is 0 Å². The summed E-state index contributed by atoms with van der Waals surface area (Å²) in [5.41, 5.74) is 0. The lowest BCUT2D eigenvalue weighted by atomic mass is 10.2. The number of carbonyl (C=O) groups is 7. The third kappa shape index (κ3) is 11.5. The highest BCUT2D eigenvalue weighted by Gasteiger charge is 2.24. The minimum absolute atomic E-state index is 0.303. The first kappa shape index (κ1) is 28.3. The zero-order valence-electron chi connectivity index (χ0n) is 18.5. The van der Waals surface area contributed by atoms with E-state index >= 15 is 0 Å². The zero-order chi connectivity index (χ0) is 25.0. The van der Waals surface area contributed by atoms with Gasteiger partial charge in [0.15, 0.2) is 0 Å². The number of aliphatic carboxylic acids is 1. The van der Waals surface area contributed by atoms with Crippen molar-refractivity contribution in [3.63, 3.8) is 0 Å². The Kier molecular flexibility index (Phi) is 12.0. The molecule has 0 aromatic heterocycles. The predicted octanol–water partition coefficient (Wildman–Crippen LogP) is -3.66. The van der Waals surface area contributed by atoms with Crippen LogP contribution < -0.4 is 31.9 Å². The first-order valence-corrected chi connectivity index (χ1v) is 9.69. The Morgan fingerprint density at radius 3 is 1.41 bits per heavy atom. The maximum absolute atomic E-state index is 12.2. The third-order valence-corrected chi connectivity index (χ3v) is 3.94. The summed E-state index contributed by atoms with van der Waals surface area (Å²) >= 11 is 0. The summed E-state index contributed by atoms with van der Waals surface area (Å²) in [6.07, 6.45) is 0. The van der Waals surface area contributed by atoms with E-state index in [4.69, 9.17) is 5.11 Å². The van der Waals surface area contributed by atoms with Gasteiger partial charge >= 0.3 is 5.97 Å². The molecule has 0 rings (SSSR count).